The van der Waals surface area contributed by atoms with Crippen LogP contribution < -0.4 is 5.32 Å². The smallest absolute Gasteiger partial charge is 0.0897 e. The average molecular weight is 273 g/mol. The number of nitrogens with one attached hydrogen (secondary N) is 1. The van der Waals surface area contributed by atoms with Crippen molar-refractivity contribution >= 4 is 0 Å². The SMILES string of the molecule is CC(C)COCC(O)CNCC1(O)CCCCCC1. The molecule has 0 aliphatic heterocycles. The van der Waals surface area contributed by atoms with Crippen molar-refractivity contribution in [3.63, 3.8) is 0 Å². The zero-order valence-corrected chi connectivity index (χ0v) is 12.5. The summed E-state index contributed by atoms with van der Waals surface area (Å²) in [5.74, 6) is 0.492. The molecule has 114 valence electrons. The molecular formula is C15H31NO3. The molecule has 0 radical (unpaired) electrons. The molecule has 1 rings (SSSR count). The van der Waals surface area contributed by atoms with E-state index in [0.717, 1.165) is 25.7 Å². The molecule has 4 heteroatoms. The van der Waals surface area contributed by atoms with Gasteiger partial charge in [0.1, 0.15) is 0 Å². The molecule has 0 amide bonds. The second-order valence-electron chi connectivity index (χ2n) is 6.35. The van der Waals surface area contributed by atoms with Gasteiger partial charge in [0.05, 0.1) is 18.3 Å². The maximum absolute atomic E-state index is 10.4. The van der Waals surface area contributed by atoms with Gasteiger partial charge in [-0.2, -0.15) is 0 Å². The van der Waals surface area contributed by atoms with Crippen LogP contribution in [-0.2, 0) is 4.74 Å². The van der Waals surface area contributed by atoms with E-state index in [1.807, 2.05) is 0 Å². The molecule has 0 aromatic carbocycles. The van der Waals surface area contributed by atoms with Gasteiger partial charge in [-0.05, 0) is 18.8 Å². The molecule has 1 atom stereocenters. The van der Waals surface area contributed by atoms with Crippen LogP contribution in [0, 0.1) is 5.92 Å². The van der Waals surface area contributed by atoms with E-state index in [0.29, 0.717) is 32.2 Å². The van der Waals surface area contributed by atoms with Crippen LogP contribution >= 0.6 is 0 Å². The third-order valence-electron chi connectivity index (χ3n) is 3.63. The van der Waals surface area contributed by atoms with Gasteiger partial charge in [-0.1, -0.05) is 39.5 Å². The Hall–Kier alpha value is -0.160. The van der Waals surface area contributed by atoms with Crippen molar-refractivity contribution in [2.24, 2.45) is 5.92 Å². The summed E-state index contributed by atoms with van der Waals surface area (Å²) in [5, 5.41) is 23.4. The van der Waals surface area contributed by atoms with E-state index in [4.69, 9.17) is 4.74 Å². The molecule has 0 spiro atoms. The summed E-state index contributed by atoms with van der Waals surface area (Å²) in [6.07, 6.45) is 5.94. The molecule has 1 unspecified atom stereocenters. The molecule has 0 heterocycles. The summed E-state index contributed by atoms with van der Waals surface area (Å²) in [7, 11) is 0. The van der Waals surface area contributed by atoms with Crippen molar-refractivity contribution in [2.75, 3.05) is 26.3 Å². The minimum atomic E-state index is -0.574. The minimum Gasteiger partial charge on any atom is -0.389 e. The highest BCUT2D eigenvalue weighted by atomic mass is 16.5. The monoisotopic (exact) mass is 273 g/mol. The molecule has 0 aromatic heterocycles. The van der Waals surface area contributed by atoms with Gasteiger partial charge in [-0.25, -0.2) is 0 Å². The normalized spacial score (nSPS) is 21.3. The molecular weight excluding hydrogens is 242 g/mol. The molecule has 4 nitrogen and oxygen atoms in total. The fourth-order valence-electron chi connectivity index (χ4n) is 2.53. The lowest BCUT2D eigenvalue weighted by atomic mass is 9.94. The molecule has 1 saturated carbocycles. The van der Waals surface area contributed by atoms with Gasteiger partial charge in [-0.15, -0.1) is 0 Å². The van der Waals surface area contributed by atoms with Crippen molar-refractivity contribution < 1.29 is 14.9 Å². The Morgan fingerprint density at radius 3 is 2.32 bits per heavy atom. The number of aliphatic hydroxyl groups is 2. The largest absolute Gasteiger partial charge is 0.389 e. The number of ether oxygens (including phenoxy) is 1. The first kappa shape index (κ1) is 16.9. The molecule has 0 saturated heterocycles. The highest BCUT2D eigenvalue weighted by molar-refractivity contribution is 4.83. The Labute approximate surface area is 117 Å². The second-order valence-corrected chi connectivity index (χ2v) is 6.35. The highest BCUT2D eigenvalue weighted by Gasteiger charge is 2.27. The summed E-state index contributed by atoms with van der Waals surface area (Å²) in [5.41, 5.74) is -0.574. The van der Waals surface area contributed by atoms with Gasteiger partial charge < -0.3 is 20.3 Å². The predicted molar refractivity (Wildman–Crippen MR) is 77.2 cm³/mol. The molecule has 1 aliphatic rings. The van der Waals surface area contributed by atoms with Crippen LogP contribution in [0.4, 0.5) is 0 Å². The van der Waals surface area contributed by atoms with Crippen LogP contribution in [0.5, 0.6) is 0 Å². The van der Waals surface area contributed by atoms with Crippen molar-refractivity contribution in [2.45, 2.75) is 64.1 Å². The fourth-order valence-corrected chi connectivity index (χ4v) is 2.53. The van der Waals surface area contributed by atoms with E-state index in [-0.39, 0.29) is 0 Å². The van der Waals surface area contributed by atoms with Gasteiger partial charge in [0.2, 0.25) is 0 Å². The van der Waals surface area contributed by atoms with Crippen molar-refractivity contribution in [3.05, 3.63) is 0 Å². The number of hydrogen-bond donors (Lipinski definition) is 3. The van der Waals surface area contributed by atoms with Gasteiger partial charge in [0.15, 0.2) is 0 Å². The summed E-state index contributed by atoms with van der Waals surface area (Å²) in [4.78, 5) is 0. The van der Waals surface area contributed by atoms with Crippen LogP contribution in [0.3, 0.4) is 0 Å². The first-order valence-corrected chi connectivity index (χ1v) is 7.71. The lowest BCUT2D eigenvalue weighted by molar-refractivity contribution is 0.00851. The number of rotatable bonds is 8. The average Bonchev–Trinajstić information content (AvgIpc) is 2.54. The van der Waals surface area contributed by atoms with Gasteiger partial charge in [0, 0.05) is 19.7 Å². The summed E-state index contributed by atoms with van der Waals surface area (Å²) in [6.45, 7) is 6.29. The van der Waals surface area contributed by atoms with Crippen molar-refractivity contribution in [3.8, 4) is 0 Å². The molecule has 0 aromatic rings. The highest BCUT2D eigenvalue weighted by Crippen LogP contribution is 2.26. The van der Waals surface area contributed by atoms with Crippen molar-refractivity contribution in [1.82, 2.24) is 5.32 Å². The van der Waals surface area contributed by atoms with E-state index >= 15 is 0 Å². The minimum absolute atomic E-state index is 0.365. The van der Waals surface area contributed by atoms with E-state index in [1.54, 1.807) is 0 Å². The lowest BCUT2D eigenvalue weighted by Gasteiger charge is -2.27. The van der Waals surface area contributed by atoms with Crippen LogP contribution in [0.1, 0.15) is 52.4 Å². The number of aliphatic hydroxyl groups excluding tert-OH is 1. The fraction of sp³-hybridized carbons (Fsp3) is 1.00. The van der Waals surface area contributed by atoms with Crippen LogP contribution in [-0.4, -0.2) is 48.2 Å². The molecule has 19 heavy (non-hydrogen) atoms. The number of hydrogen-bond acceptors (Lipinski definition) is 4. The van der Waals surface area contributed by atoms with Gasteiger partial charge >= 0.3 is 0 Å². The van der Waals surface area contributed by atoms with E-state index < -0.39 is 11.7 Å². The van der Waals surface area contributed by atoms with E-state index in [2.05, 4.69) is 19.2 Å². The Bertz CT molecular complexity index is 225. The van der Waals surface area contributed by atoms with Crippen LogP contribution in [0.2, 0.25) is 0 Å². The van der Waals surface area contributed by atoms with Gasteiger partial charge in [-0.3, -0.25) is 0 Å². The lowest BCUT2D eigenvalue weighted by Crippen LogP contribution is -2.43. The molecule has 1 aliphatic carbocycles. The van der Waals surface area contributed by atoms with E-state index in [1.165, 1.54) is 12.8 Å². The Kier molecular flexibility index (Phi) is 7.91. The van der Waals surface area contributed by atoms with Gasteiger partial charge in [0.25, 0.3) is 0 Å². The van der Waals surface area contributed by atoms with Crippen LogP contribution in [0.15, 0.2) is 0 Å². The van der Waals surface area contributed by atoms with E-state index in [9.17, 15) is 10.2 Å². The molecule has 1 fully saturated rings. The van der Waals surface area contributed by atoms with Crippen molar-refractivity contribution in [1.29, 1.82) is 0 Å². The quantitative estimate of drug-likeness (QED) is 0.589. The second kappa shape index (κ2) is 8.90. The third kappa shape index (κ3) is 7.88. The first-order chi connectivity index (χ1) is 9.02. The Morgan fingerprint density at radius 1 is 1.11 bits per heavy atom. The summed E-state index contributed by atoms with van der Waals surface area (Å²) < 4.78 is 5.39. The molecule has 0 bridgehead atoms. The summed E-state index contributed by atoms with van der Waals surface area (Å²) in [6, 6.07) is 0. The molecule has 3 N–H and O–H groups in total. The zero-order chi connectivity index (χ0) is 14.1. The summed E-state index contributed by atoms with van der Waals surface area (Å²) >= 11 is 0. The predicted octanol–water partition coefficient (Wildman–Crippen LogP) is 1.69. The Balaban J connectivity index is 2.10. The third-order valence-corrected chi connectivity index (χ3v) is 3.63. The standard InChI is InChI=1S/C15H31NO3/c1-13(2)10-19-11-14(17)9-16-12-15(18)7-5-3-4-6-8-15/h13-14,16-18H,3-12H2,1-2H3. The first-order valence-electron chi connectivity index (χ1n) is 7.71. The zero-order valence-electron chi connectivity index (χ0n) is 12.5. The maximum Gasteiger partial charge on any atom is 0.0897 e. The Morgan fingerprint density at radius 2 is 1.74 bits per heavy atom. The van der Waals surface area contributed by atoms with Crippen LogP contribution in [0.25, 0.3) is 0 Å². The maximum atomic E-state index is 10.4. The topological polar surface area (TPSA) is 61.7 Å².